The lowest BCUT2D eigenvalue weighted by Crippen LogP contribution is -2.55. The predicted molar refractivity (Wildman–Crippen MR) is 121 cm³/mol. The van der Waals surface area contributed by atoms with Crippen molar-refractivity contribution in [3.63, 3.8) is 0 Å². The SMILES string of the molecule is C=C1CC[C@H]2C(C)(C)[C@H](O)CC[C@]2(C)[C@H]1C[C@]12O[C@H]1C(=O)C(COC(=O)[C@H](O)[C@H](C)O)=CC2=O. The Hall–Kier alpha value is -1.87. The molecule has 0 bridgehead atoms. The first kappa shape index (κ1) is 25.2. The van der Waals surface area contributed by atoms with Gasteiger partial charge < -0.3 is 24.8 Å². The summed E-state index contributed by atoms with van der Waals surface area (Å²) < 4.78 is 10.7. The van der Waals surface area contributed by atoms with Crippen molar-refractivity contribution in [3.05, 3.63) is 23.8 Å². The number of carbonyl (C=O) groups excluding carboxylic acids is 3. The first-order valence-electron chi connectivity index (χ1n) is 12.1. The molecule has 0 unspecified atom stereocenters. The summed E-state index contributed by atoms with van der Waals surface area (Å²) in [6.45, 7) is 11.5. The average molecular weight is 477 g/mol. The summed E-state index contributed by atoms with van der Waals surface area (Å²) in [6, 6.07) is 0. The zero-order valence-corrected chi connectivity index (χ0v) is 20.4. The van der Waals surface area contributed by atoms with Gasteiger partial charge in [0.25, 0.3) is 0 Å². The molecule has 188 valence electrons. The van der Waals surface area contributed by atoms with Crippen molar-refractivity contribution in [2.75, 3.05) is 6.61 Å². The number of hydrogen-bond acceptors (Lipinski definition) is 8. The monoisotopic (exact) mass is 476 g/mol. The van der Waals surface area contributed by atoms with Crippen LogP contribution in [0.3, 0.4) is 0 Å². The molecule has 1 aliphatic heterocycles. The molecule has 4 rings (SSSR count). The highest BCUT2D eigenvalue weighted by atomic mass is 16.6. The van der Waals surface area contributed by atoms with Gasteiger partial charge in [0, 0.05) is 5.57 Å². The van der Waals surface area contributed by atoms with E-state index in [0.717, 1.165) is 24.8 Å². The van der Waals surface area contributed by atoms with Gasteiger partial charge in [-0.15, -0.1) is 0 Å². The molecule has 2 saturated carbocycles. The van der Waals surface area contributed by atoms with Crippen LogP contribution in [-0.4, -0.2) is 69.5 Å². The van der Waals surface area contributed by atoms with E-state index in [9.17, 15) is 29.7 Å². The molecule has 8 heteroatoms. The van der Waals surface area contributed by atoms with Crippen molar-refractivity contribution in [1.82, 2.24) is 0 Å². The van der Waals surface area contributed by atoms with Crippen LogP contribution in [0.1, 0.15) is 59.8 Å². The molecule has 1 saturated heterocycles. The van der Waals surface area contributed by atoms with Gasteiger partial charge in [-0.2, -0.15) is 0 Å². The summed E-state index contributed by atoms with van der Waals surface area (Å²) >= 11 is 0. The lowest BCUT2D eigenvalue weighted by Gasteiger charge is -2.59. The van der Waals surface area contributed by atoms with Crippen LogP contribution in [0, 0.1) is 22.7 Å². The number of rotatable bonds is 6. The summed E-state index contributed by atoms with van der Waals surface area (Å²) in [6.07, 6.45) is 0.469. The normalized spacial score (nSPS) is 40.6. The smallest absolute Gasteiger partial charge is 0.338 e. The van der Waals surface area contributed by atoms with Crippen LogP contribution in [0.25, 0.3) is 0 Å². The molecule has 8 atom stereocenters. The van der Waals surface area contributed by atoms with E-state index in [-0.39, 0.29) is 40.1 Å². The molecular weight excluding hydrogens is 440 g/mol. The fourth-order valence-corrected chi connectivity index (χ4v) is 6.79. The standard InChI is InChI=1S/C26H36O8/c1-13-6-7-17-24(3,4)18(28)8-9-25(17,5)16(13)11-26-19(29)10-15(21(31)22(26)34-26)12-33-23(32)20(30)14(2)27/h10,14,16-18,20,22,27-28,30H,1,6-9,11-12H2,2-5H3/t14-,16-,17-,18+,20+,22-,25+,26+/m0/s1. The minimum absolute atomic E-state index is 0.0164. The van der Waals surface area contributed by atoms with Gasteiger partial charge in [-0.1, -0.05) is 32.9 Å². The average Bonchev–Trinajstić information content (AvgIpc) is 3.51. The van der Waals surface area contributed by atoms with Gasteiger partial charge in [-0.05, 0) is 67.8 Å². The number of aliphatic hydroxyl groups is 3. The molecule has 0 aromatic carbocycles. The molecule has 0 aromatic rings. The molecular formula is C26H36O8. The Labute approximate surface area is 200 Å². The number of allylic oxidation sites excluding steroid dienone is 1. The highest BCUT2D eigenvalue weighted by Crippen LogP contribution is 2.64. The van der Waals surface area contributed by atoms with E-state index in [2.05, 4.69) is 27.4 Å². The molecule has 3 N–H and O–H groups in total. The number of Topliss-reactive ketones (excluding diaryl/α,β-unsaturated/α-hetero) is 1. The predicted octanol–water partition coefficient (Wildman–Crippen LogP) is 1.65. The molecule has 0 amide bonds. The third-order valence-electron chi connectivity index (χ3n) is 9.10. The van der Waals surface area contributed by atoms with Gasteiger partial charge in [0.15, 0.2) is 29.4 Å². The molecule has 34 heavy (non-hydrogen) atoms. The van der Waals surface area contributed by atoms with E-state index in [1.165, 1.54) is 13.0 Å². The fraction of sp³-hybridized carbons (Fsp3) is 0.731. The first-order valence-corrected chi connectivity index (χ1v) is 12.1. The van der Waals surface area contributed by atoms with Gasteiger partial charge in [0.1, 0.15) is 6.61 Å². The summed E-state index contributed by atoms with van der Waals surface area (Å²) in [5.41, 5.74) is -0.563. The Balaban J connectivity index is 1.52. The maximum absolute atomic E-state index is 13.2. The van der Waals surface area contributed by atoms with Crippen LogP contribution in [0.4, 0.5) is 0 Å². The zero-order chi connectivity index (χ0) is 25.2. The second-order valence-electron chi connectivity index (χ2n) is 11.5. The number of epoxide rings is 1. The first-order chi connectivity index (χ1) is 15.8. The van der Waals surface area contributed by atoms with Crippen LogP contribution in [0.5, 0.6) is 0 Å². The highest BCUT2D eigenvalue weighted by molar-refractivity contribution is 6.18. The van der Waals surface area contributed by atoms with Gasteiger partial charge in [-0.25, -0.2) is 4.79 Å². The molecule has 4 aliphatic rings. The van der Waals surface area contributed by atoms with Crippen molar-refractivity contribution >= 4 is 17.5 Å². The number of hydrogen-bond donors (Lipinski definition) is 3. The third-order valence-corrected chi connectivity index (χ3v) is 9.10. The minimum Gasteiger partial charge on any atom is -0.459 e. The Morgan fingerprint density at radius 1 is 1.26 bits per heavy atom. The molecule has 3 aliphatic carbocycles. The molecule has 0 spiro atoms. The summed E-state index contributed by atoms with van der Waals surface area (Å²) in [5.74, 6) is -1.56. The van der Waals surface area contributed by atoms with Crippen molar-refractivity contribution in [1.29, 1.82) is 0 Å². The second kappa shape index (κ2) is 8.36. The number of esters is 1. The minimum atomic E-state index is -1.73. The van der Waals surface area contributed by atoms with Crippen LogP contribution in [0.15, 0.2) is 23.8 Å². The van der Waals surface area contributed by atoms with E-state index < -0.39 is 42.3 Å². The van der Waals surface area contributed by atoms with E-state index in [1.807, 2.05) is 0 Å². The Bertz CT molecular complexity index is 948. The van der Waals surface area contributed by atoms with Crippen LogP contribution < -0.4 is 0 Å². The quantitative estimate of drug-likeness (QED) is 0.299. The number of carbonyl (C=O) groups is 3. The number of ketones is 2. The Morgan fingerprint density at radius 2 is 1.94 bits per heavy atom. The van der Waals surface area contributed by atoms with Crippen LogP contribution >= 0.6 is 0 Å². The topological polar surface area (TPSA) is 134 Å². The number of ether oxygens (including phenoxy) is 2. The molecule has 3 fully saturated rings. The lowest BCUT2D eigenvalue weighted by molar-refractivity contribution is -0.158. The van der Waals surface area contributed by atoms with E-state index in [0.29, 0.717) is 12.8 Å². The Kier molecular flexibility index (Phi) is 6.21. The summed E-state index contributed by atoms with van der Waals surface area (Å²) in [5, 5.41) is 29.5. The number of aliphatic hydroxyl groups excluding tert-OH is 3. The maximum Gasteiger partial charge on any atom is 0.338 e. The zero-order valence-electron chi connectivity index (χ0n) is 20.4. The fourth-order valence-electron chi connectivity index (χ4n) is 6.79. The van der Waals surface area contributed by atoms with Gasteiger partial charge >= 0.3 is 5.97 Å². The lowest BCUT2D eigenvalue weighted by atomic mass is 9.46. The van der Waals surface area contributed by atoms with Crippen molar-refractivity contribution in [2.45, 2.75) is 89.8 Å². The third kappa shape index (κ3) is 3.79. The van der Waals surface area contributed by atoms with Gasteiger partial charge in [-0.3, -0.25) is 9.59 Å². The van der Waals surface area contributed by atoms with E-state index in [4.69, 9.17) is 9.47 Å². The van der Waals surface area contributed by atoms with Gasteiger partial charge in [0.05, 0.1) is 12.2 Å². The van der Waals surface area contributed by atoms with Crippen molar-refractivity contribution in [2.24, 2.45) is 22.7 Å². The molecule has 8 nitrogen and oxygen atoms in total. The van der Waals surface area contributed by atoms with E-state index in [1.54, 1.807) is 0 Å². The van der Waals surface area contributed by atoms with Crippen LogP contribution in [0.2, 0.25) is 0 Å². The Morgan fingerprint density at radius 3 is 2.59 bits per heavy atom. The molecule has 0 aromatic heterocycles. The second-order valence-corrected chi connectivity index (χ2v) is 11.5. The number of fused-ring (bicyclic) bond motifs is 2. The van der Waals surface area contributed by atoms with Crippen molar-refractivity contribution in [3.8, 4) is 0 Å². The molecule has 1 heterocycles. The highest BCUT2D eigenvalue weighted by Gasteiger charge is 2.69. The van der Waals surface area contributed by atoms with Crippen molar-refractivity contribution < 1.29 is 39.2 Å². The van der Waals surface area contributed by atoms with Gasteiger partial charge in [0.2, 0.25) is 0 Å². The van der Waals surface area contributed by atoms with E-state index >= 15 is 0 Å². The maximum atomic E-state index is 13.2. The molecule has 0 radical (unpaired) electrons. The largest absolute Gasteiger partial charge is 0.459 e. The summed E-state index contributed by atoms with van der Waals surface area (Å²) in [4.78, 5) is 37.9. The van der Waals surface area contributed by atoms with Crippen LogP contribution in [-0.2, 0) is 23.9 Å². The summed E-state index contributed by atoms with van der Waals surface area (Å²) in [7, 11) is 0.